The van der Waals surface area contributed by atoms with E-state index in [1.54, 1.807) is 6.08 Å². The van der Waals surface area contributed by atoms with Gasteiger partial charge in [-0.05, 0) is 34.8 Å². The largest absolute Gasteiger partial charge is 0.504 e. The van der Waals surface area contributed by atoms with Gasteiger partial charge < -0.3 is 14.9 Å². The fourth-order valence-corrected chi connectivity index (χ4v) is 2.46. The Hall–Kier alpha value is -2.75. The smallest absolute Gasteiger partial charge is 0.232 e. The van der Waals surface area contributed by atoms with E-state index >= 15 is 0 Å². The van der Waals surface area contributed by atoms with Crippen molar-refractivity contribution in [2.45, 2.75) is 26.2 Å². The van der Waals surface area contributed by atoms with Crippen molar-refractivity contribution in [3.8, 4) is 17.2 Å². The van der Waals surface area contributed by atoms with Gasteiger partial charge in [0.25, 0.3) is 0 Å². The quantitative estimate of drug-likeness (QED) is 0.617. The summed E-state index contributed by atoms with van der Waals surface area (Å²) in [7, 11) is 0. The summed E-state index contributed by atoms with van der Waals surface area (Å²) in [5, 5.41) is 19.3. The molecule has 1 heterocycles. The number of ether oxygens (including phenoxy) is 1. The van der Waals surface area contributed by atoms with Crippen molar-refractivity contribution < 1.29 is 19.7 Å². The summed E-state index contributed by atoms with van der Waals surface area (Å²) < 4.78 is 5.43. The van der Waals surface area contributed by atoms with Gasteiger partial charge in [-0.1, -0.05) is 45.0 Å². The Morgan fingerprint density at radius 3 is 2.26 bits per heavy atom. The average molecular weight is 310 g/mol. The van der Waals surface area contributed by atoms with Crippen molar-refractivity contribution in [3.05, 3.63) is 58.8 Å². The molecule has 23 heavy (non-hydrogen) atoms. The molecular weight excluding hydrogens is 292 g/mol. The number of hydrogen-bond donors (Lipinski definition) is 2. The first kappa shape index (κ1) is 15.2. The molecule has 0 saturated carbocycles. The van der Waals surface area contributed by atoms with E-state index in [0.717, 1.165) is 5.56 Å². The maximum Gasteiger partial charge on any atom is 0.232 e. The molecule has 0 unspecified atom stereocenters. The van der Waals surface area contributed by atoms with E-state index < -0.39 is 5.75 Å². The molecule has 0 aromatic heterocycles. The molecule has 2 N–H and O–H groups in total. The Kier molecular flexibility index (Phi) is 3.40. The number of benzene rings is 2. The van der Waals surface area contributed by atoms with Crippen molar-refractivity contribution in [2.75, 3.05) is 0 Å². The summed E-state index contributed by atoms with van der Waals surface area (Å²) >= 11 is 0. The van der Waals surface area contributed by atoms with E-state index in [2.05, 4.69) is 20.8 Å². The molecule has 0 radical (unpaired) electrons. The number of phenolic OH excluding ortho intramolecular Hbond substituents is 2. The molecule has 0 fully saturated rings. The van der Waals surface area contributed by atoms with Gasteiger partial charge in [0.1, 0.15) is 0 Å². The first-order valence-corrected chi connectivity index (χ1v) is 7.37. The first-order valence-electron chi connectivity index (χ1n) is 7.37. The van der Waals surface area contributed by atoms with E-state index in [0.29, 0.717) is 0 Å². The van der Waals surface area contributed by atoms with Crippen molar-refractivity contribution in [2.24, 2.45) is 0 Å². The Morgan fingerprint density at radius 2 is 1.65 bits per heavy atom. The molecule has 0 spiro atoms. The van der Waals surface area contributed by atoms with Gasteiger partial charge in [0.2, 0.25) is 11.5 Å². The van der Waals surface area contributed by atoms with Gasteiger partial charge in [-0.3, -0.25) is 4.79 Å². The van der Waals surface area contributed by atoms with Crippen LogP contribution in [0.15, 0.2) is 42.2 Å². The molecule has 118 valence electrons. The molecule has 4 heteroatoms. The zero-order chi connectivity index (χ0) is 16.8. The predicted molar refractivity (Wildman–Crippen MR) is 87.8 cm³/mol. The molecule has 4 nitrogen and oxygen atoms in total. The third-order valence-corrected chi connectivity index (χ3v) is 3.87. The zero-order valence-electron chi connectivity index (χ0n) is 13.3. The number of fused-ring (bicyclic) bond motifs is 1. The normalized spacial score (nSPS) is 15.6. The molecule has 0 aliphatic carbocycles. The standard InChI is InChI=1S/C19H18O4/c1-19(2,3)12-6-4-11(5-7-12)10-15-16(21)13-8-9-14(20)17(22)18(13)23-15/h4-10,20,22H,1-3H3/b15-10-. The summed E-state index contributed by atoms with van der Waals surface area (Å²) in [6.45, 7) is 6.40. The number of Topliss-reactive ketones (excluding diaryl/α,β-unsaturated/α-hetero) is 1. The van der Waals surface area contributed by atoms with Crippen LogP contribution < -0.4 is 4.74 Å². The second-order valence-electron chi connectivity index (χ2n) is 6.62. The summed E-state index contributed by atoms with van der Waals surface area (Å²) in [6, 6.07) is 10.6. The molecule has 2 aromatic rings. The number of hydrogen-bond acceptors (Lipinski definition) is 4. The van der Waals surface area contributed by atoms with Crippen LogP contribution in [0.2, 0.25) is 0 Å². The lowest BCUT2D eigenvalue weighted by Crippen LogP contribution is -2.10. The lowest BCUT2D eigenvalue weighted by Gasteiger charge is -2.18. The summed E-state index contributed by atoms with van der Waals surface area (Å²) in [4.78, 5) is 12.3. The molecule has 3 rings (SSSR count). The fourth-order valence-electron chi connectivity index (χ4n) is 2.46. The van der Waals surface area contributed by atoms with Gasteiger partial charge >= 0.3 is 0 Å². The summed E-state index contributed by atoms with van der Waals surface area (Å²) in [5.41, 5.74) is 2.34. The second-order valence-corrected chi connectivity index (χ2v) is 6.62. The minimum atomic E-state index is -0.415. The lowest BCUT2D eigenvalue weighted by atomic mass is 9.86. The van der Waals surface area contributed by atoms with Crippen LogP contribution in [0.25, 0.3) is 6.08 Å². The van der Waals surface area contributed by atoms with E-state index in [1.807, 2.05) is 24.3 Å². The van der Waals surface area contributed by atoms with Crippen molar-refractivity contribution >= 4 is 11.9 Å². The number of aromatic hydroxyl groups is 2. The Morgan fingerprint density at radius 1 is 1.00 bits per heavy atom. The second kappa shape index (κ2) is 5.16. The number of carbonyl (C=O) groups is 1. The molecule has 1 aliphatic rings. The van der Waals surface area contributed by atoms with Crippen LogP contribution in [0.1, 0.15) is 42.3 Å². The van der Waals surface area contributed by atoms with Crippen LogP contribution in [-0.4, -0.2) is 16.0 Å². The molecule has 0 amide bonds. The highest BCUT2D eigenvalue weighted by molar-refractivity contribution is 6.15. The topological polar surface area (TPSA) is 66.8 Å². The van der Waals surface area contributed by atoms with Crippen LogP contribution in [0.3, 0.4) is 0 Å². The number of phenols is 2. The van der Waals surface area contributed by atoms with Crippen LogP contribution in [0.4, 0.5) is 0 Å². The van der Waals surface area contributed by atoms with Crippen molar-refractivity contribution in [1.82, 2.24) is 0 Å². The minimum absolute atomic E-state index is 0.00700. The van der Waals surface area contributed by atoms with E-state index in [9.17, 15) is 15.0 Å². The third kappa shape index (κ3) is 2.68. The van der Waals surface area contributed by atoms with E-state index in [1.165, 1.54) is 17.7 Å². The molecule has 0 atom stereocenters. The highest BCUT2D eigenvalue weighted by atomic mass is 16.5. The average Bonchev–Trinajstić information content (AvgIpc) is 2.80. The number of carbonyl (C=O) groups excluding carboxylic acids is 1. The zero-order valence-corrected chi connectivity index (χ0v) is 13.3. The molecular formula is C19H18O4. The van der Waals surface area contributed by atoms with Gasteiger partial charge in [-0.2, -0.15) is 0 Å². The maximum absolute atomic E-state index is 12.3. The van der Waals surface area contributed by atoms with Crippen molar-refractivity contribution in [1.29, 1.82) is 0 Å². The monoisotopic (exact) mass is 310 g/mol. The van der Waals surface area contributed by atoms with Gasteiger partial charge in [0, 0.05) is 0 Å². The van der Waals surface area contributed by atoms with Crippen LogP contribution in [0, 0.1) is 0 Å². The highest BCUT2D eigenvalue weighted by Gasteiger charge is 2.31. The Bertz CT molecular complexity index is 808. The first-order chi connectivity index (χ1) is 10.8. The van der Waals surface area contributed by atoms with Crippen LogP contribution in [-0.2, 0) is 5.41 Å². The molecule has 0 saturated heterocycles. The van der Waals surface area contributed by atoms with Gasteiger partial charge in [0.15, 0.2) is 17.3 Å². The number of rotatable bonds is 1. The van der Waals surface area contributed by atoms with Crippen LogP contribution in [0.5, 0.6) is 17.2 Å². The molecule has 1 aliphatic heterocycles. The Balaban J connectivity index is 1.93. The lowest BCUT2D eigenvalue weighted by molar-refractivity contribution is 0.101. The number of allylic oxidation sites excluding steroid dienone is 1. The molecule has 0 bridgehead atoms. The number of ketones is 1. The third-order valence-electron chi connectivity index (χ3n) is 3.87. The summed E-state index contributed by atoms with van der Waals surface area (Å²) in [6.07, 6.45) is 1.63. The maximum atomic E-state index is 12.3. The van der Waals surface area contributed by atoms with Gasteiger partial charge in [-0.25, -0.2) is 0 Å². The fraction of sp³-hybridized carbons (Fsp3) is 0.211. The van der Waals surface area contributed by atoms with Gasteiger partial charge in [0.05, 0.1) is 5.56 Å². The van der Waals surface area contributed by atoms with E-state index in [-0.39, 0.29) is 34.0 Å². The van der Waals surface area contributed by atoms with E-state index in [4.69, 9.17) is 4.74 Å². The molecule has 2 aromatic carbocycles. The summed E-state index contributed by atoms with van der Waals surface area (Å²) in [5.74, 6) is -0.901. The minimum Gasteiger partial charge on any atom is -0.504 e. The van der Waals surface area contributed by atoms with Gasteiger partial charge in [-0.15, -0.1) is 0 Å². The Labute approximate surface area is 134 Å². The SMILES string of the molecule is CC(C)(C)c1ccc(/C=C2\Oc3c(ccc(O)c3O)C2=O)cc1. The van der Waals surface area contributed by atoms with Crippen molar-refractivity contribution in [3.63, 3.8) is 0 Å². The van der Waals surface area contributed by atoms with Crippen LogP contribution >= 0.6 is 0 Å². The highest BCUT2D eigenvalue weighted by Crippen LogP contribution is 2.44. The predicted octanol–water partition coefficient (Wildman–Crippen LogP) is 4.01.